The number of hydrogen-bond acceptors (Lipinski definition) is 2. The SMILES string of the molecule is CNOC/C=C/c1ccc(Br)cc1. The van der Waals surface area contributed by atoms with Gasteiger partial charge >= 0.3 is 0 Å². The molecule has 3 heteroatoms. The highest BCUT2D eigenvalue weighted by atomic mass is 79.9. The normalized spacial score (nSPS) is 10.9. The second-order valence-corrected chi connectivity index (χ2v) is 3.38. The average Bonchev–Trinajstić information content (AvgIpc) is 2.15. The van der Waals surface area contributed by atoms with Crippen LogP contribution in [0.25, 0.3) is 6.08 Å². The van der Waals surface area contributed by atoms with E-state index in [1.807, 2.05) is 36.4 Å². The molecular formula is C10H12BrNO. The molecule has 0 radical (unpaired) electrons. The minimum Gasteiger partial charge on any atom is -0.298 e. The highest BCUT2D eigenvalue weighted by molar-refractivity contribution is 9.10. The van der Waals surface area contributed by atoms with Crippen molar-refractivity contribution in [1.29, 1.82) is 0 Å². The van der Waals surface area contributed by atoms with Gasteiger partial charge in [-0.2, -0.15) is 0 Å². The third-order valence-electron chi connectivity index (χ3n) is 1.50. The van der Waals surface area contributed by atoms with Gasteiger partial charge in [-0.05, 0) is 17.7 Å². The van der Waals surface area contributed by atoms with E-state index in [1.54, 1.807) is 7.05 Å². The summed E-state index contributed by atoms with van der Waals surface area (Å²) in [6.45, 7) is 0.576. The first kappa shape index (κ1) is 10.4. The van der Waals surface area contributed by atoms with Gasteiger partial charge in [-0.15, -0.1) is 0 Å². The molecule has 0 saturated carbocycles. The van der Waals surface area contributed by atoms with E-state index in [1.165, 1.54) is 5.56 Å². The van der Waals surface area contributed by atoms with Gasteiger partial charge in [0.05, 0.1) is 6.61 Å². The number of halogens is 1. The molecule has 0 heterocycles. The van der Waals surface area contributed by atoms with Gasteiger partial charge in [-0.3, -0.25) is 4.84 Å². The van der Waals surface area contributed by atoms with Crippen molar-refractivity contribution in [3.05, 3.63) is 40.4 Å². The summed E-state index contributed by atoms with van der Waals surface area (Å²) in [7, 11) is 1.74. The molecular weight excluding hydrogens is 230 g/mol. The minimum absolute atomic E-state index is 0.576. The quantitative estimate of drug-likeness (QED) is 0.647. The summed E-state index contributed by atoms with van der Waals surface area (Å²) in [5.41, 5.74) is 3.77. The molecule has 0 atom stereocenters. The van der Waals surface area contributed by atoms with Gasteiger partial charge in [0.25, 0.3) is 0 Å². The zero-order valence-corrected chi connectivity index (χ0v) is 9.04. The van der Waals surface area contributed by atoms with Gasteiger partial charge < -0.3 is 0 Å². The van der Waals surface area contributed by atoms with Crippen LogP contribution in [0.5, 0.6) is 0 Å². The number of hydroxylamine groups is 1. The summed E-state index contributed by atoms with van der Waals surface area (Å²) >= 11 is 3.38. The zero-order chi connectivity index (χ0) is 9.52. The van der Waals surface area contributed by atoms with E-state index >= 15 is 0 Å². The second kappa shape index (κ2) is 5.91. The Morgan fingerprint density at radius 1 is 1.38 bits per heavy atom. The van der Waals surface area contributed by atoms with Crippen molar-refractivity contribution in [3.63, 3.8) is 0 Å². The number of benzene rings is 1. The maximum atomic E-state index is 4.93. The smallest absolute Gasteiger partial charge is 0.0866 e. The first-order valence-electron chi connectivity index (χ1n) is 4.03. The zero-order valence-electron chi connectivity index (χ0n) is 7.46. The summed E-state index contributed by atoms with van der Waals surface area (Å²) < 4.78 is 1.09. The monoisotopic (exact) mass is 241 g/mol. The van der Waals surface area contributed by atoms with Gasteiger partial charge in [0.1, 0.15) is 0 Å². The molecule has 2 nitrogen and oxygen atoms in total. The van der Waals surface area contributed by atoms with E-state index in [0.29, 0.717) is 6.61 Å². The van der Waals surface area contributed by atoms with Gasteiger partial charge in [-0.1, -0.05) is 40.2 Å². The van der Waals surface area contributed by atoms with Crippen LogP contribution in [0.4, 0.5) is 0 Å². The average molecular weight is 242 g/mol. The fraction of sp³-hybridized carbons (Fsp3) is 0.200. The molecule has 0 fully saturated rings. The van der Waals surface area contributed by atoms with Crippen LogP contribution in [0.3, 0.4) is 0 Å². The molecule has 0 aliphatic rings. The maximum Gasteiger partial charge on any atom is 0.0866 e. The van der Waals surface area contributed by atoms with Crippen LogP contribution in [0.2, 0.25) is 0 Å². The molecule has 0 saturated heterocycles. The van der Waals surface area contributed by atoms with Crippen LogP contribution in [0, 0.1) is 0 Å². The molecule has 1 rings (SSSR count). The lowest BCUT2D eigenvalue weighted by atomic mass is 10.2. The largest absolute Gasteiger partial charge is 0.298 e. The Bertz CT molecular complexity index is 269. The van der Waals surface area contributed by atoms with Gasteiger partial charge in [0, 0.05) is 11.5 Å². The molecule has 1 aromatic rings. The Morgan fingerprint density at radius 3 is 2.69 bits per heavy atom. The lowest BCUT2D eigenvalue weighted by molar-refractivity contribution is 0.0814. The van der Waals surface area contributed by atoms with E-state index in [2.05, 4.69) is 21.4 Å². The van der Waals surface area contributed by atoms with Crippen molar-refractivity contribution in [3.8, 4) is 0 Å². The van der Waals surface area contributed by atoms with Gasteiger partial charge in [-0.25, -0.2) is 5.48 Å². The summed E-state index contributed by atoms with van der Waals surface area (Å²) in [5, 5.41) is 0. The van der Waals surface area contributed by atoms with Crippen LogP contribution >= 0.6 is 15.9 Å². The van der Waals surface area contributed by atoms with Crippen LogP contribution in [0.1, 0.15) is 5.56 Å². The van der Waals surface area contributed by atoms with E-state index in [0.717, 1.165) is 4.47 Å². The molecule has 13 heavy (non-hydrogen) atoms. The van der Waals surface area contributed by atoms with E-state index < -0.39 is 0 Å². The minimum atomic E-state index is 0.576. The molecule has 1 N–H and O–H groups in total. The molecule has 0 aliphatic carbocycles. The first-order valence-corrected chi connectivity index (χ1v) is 4.83. The van der Waals surface area contributed by atoms with Crippen LogP contribution in [-0.4, -0.2) is 13.7 Å². The lowest BCUT2D eigenvalue weighted by Crippen LogP contribution is -2.06. The van der Waals surface area contributed by atoms with E-state index in [-0.39, 0.29) is 0 Å². The second-order valence-electron chi connectivity index (χ2n) is 2.47. The Balaban J connectivity index is 2.44. The summed E-state index contributed by atoms with van der Waals surface area (Å²) in [4.78, 5) is 4.93. The lowest BCUT2D eigenvalue weighted by Gasteiger charge is -1.95. The summed E-state index contributed by atoms with van der Waals surface area (Å²) in [6.07, 6.45) is 3.98. The predicted molar refractivity (Wildman–Crippen MR) is 58.2 cm³/mol. The molecule has 0 bridgehead atoms. The third kappa shape index (κ3) is 4.22. The van der Waals surface area contributed by atoms with E-state index in [4.69, 9.17) is 4.84 Å². The van der Waals surface area contributed by atoms with Crippen molar-refractivity contribution in [2.45, 2.75) is 0 Å². The van der Waals surface area contributed by atoms with E-state index in [9.17, 15) is 0 Å². The standard InChI is InChI=1S/C10H12BrNO/c1-12-13-8-2-3-9-4-6-10(11)7-5-9/h2-7,12H,8H2,1H3/b3-2+. The van der Waals surface area contributed by atoms with Crippen molar-refractivity contribution in [1.82, 2.24) is 5.48 Å². The number of rotatable bonds is 4. The first-order chi connectivity index (χ1) is 6.33. The van der Waals surface area contributed by atoms with Crippen LogP contribution < -0.4 is 5.48 Å². The molecule has 0 aromatic heterocycles. The summed E-state index contributed by atoms with van der Waals surface area (Å²) in [6, 6.07) is 8.11. The Kier molecular flexibility index (Phi) is 4.75. The maximum absolute atomic E-state index is 4.93. The molecule has 0 aliphatic heterocycles. The van der Waals surface area contributed by atoms with Crippen molar-refractivity contribution in [2.75, 3.05) is 13.7 Å². The van der Waals surface area contributed by atoms with Gasteiger partial charge in [0.2, 0.25) is 0 Å². The van der Waals surface area contributed by atoms with Gasteiger partial charge in [0.15, 0.2) is 0 Å². The Hall–Kier alpha value is -0.640. The highest BCUT2D eigenvalue weighted by Crippen LogP contribution is 2.11. The number of hydrogen-bond donors (Lipinski definition) is 1. The molecule has 0 amide bonds. The number of nitrogens with one attached hydrogen (secondary N) is 1. The molecule has 70 valence electrons. The van der Waals surface area contributed by atoms with Crippen LogP contribution in [-0.2, 0) is 4.84 Å². The third-order valence-corrected chi connectivity index (χ3v) is 2.03. The Labute approximate surface area is 86.7 Å². The van der Waals surface area contributed by atoms with Crippen molar-refractivity contribution >= 4 is 22.0 Å². The van der Waals surface area contributed by atoms with Crippen molar-refractivity contribution in [2.24, 2.45) is 0 Å². The Morgan fingerprint density at radius 2 is 2.08 bits per heavy atom. The molecule has 0 unspecified atom stereocenters. The fourth-order valence-electron chi connectivity index (χ4n) is 0.890. The highest BCUT2D eigenvalue weighted by Gasteiger charge is 1.86. The molecule has 1 aromatic carbocycles. The summed E-state index contributed by atoms with van der Waals surface area (Å²) in [5.74, 6) is 0. The molecule has 0 spiro atoms. The predicted octanol–water partition coefficient (Wildman–Crippen LogP) is 2.61. The van der Waals surface area contributed by atoms with Crippen LogP contribution in [0.15, 0.2) is 34.8 Å². The van der Waals surface area contributed by atoms with Crippen molar-refractivity contribution < 1.29 is 4.84 Å². The topological polar surface area (TPSA) is 21.3 Å². The fourth-order valence-corrected chi connectivity index (χ4v) is 1.15.